The second-order valence-corrected chi connectivity index (χ2v) is 4.23. The largest absolute Gasteiger partial charge is 0.393 e. The van der Waals surface area contributed by atoms with Gasteiger partial charge in [-0.2, -0.15) is 0 Å². The molecule has 0 bridgehead atoms. The molecule has 3 atom stereocenters. The summed E-state index contributed by atoms with van der Waals surface area (Å²) in [6, 6.07) is 0. The van der Waals surface area contributed by atoms with Crippen LogP contribution in [0.4, 0.5) is 0 Å². The van der Waals surface area contributed by atoms with Gasteiger partial charge in [0, 0.05) is 0 Å². The number of fused-ring (bicyclic) bond motifs is 1. The van der Waals surface area contributed by atoms with E-state index in [-0.39, 0.29) is 6.10 Å². The minimum absolute atomic E-state index is 0.0567. The van der Waals surface area contributed by atoms with Gasteiger partial charge in [-0.1, -0.05) is 24.3 Å². The maximum atomic E-state index is 9.55. The van der Waals surface area contributed by atoms with Gasteiger partial charge in [0.15, 0.2) is 0 Å². The molecule has 1 saturated carbocycles. The summed E-state index contributed by atoms with van der Waals surface area (Å²) < 4.78 is 0. The van der Waals surface area contributed by atoms with Gasteiger partial charge in [-0.3, -0.25) is 0 Å². The van der Waals surface area contributed by atoms with Crippen LogP contribution < -0.4 is 0 Å². The number of hydrogen-bond acceptors (Lipinski definition) is 1. The first kappa shape index (κ1) is 9.01. The van der Waals surface area contributed by atoms with Crippen LogP contribution in [0.3, 0.4) is 0 Å². The molecule has 2 aliphatic rings. The van der Waals surface area contributed by atoms with Crippen molar-refractivity contribution in [1.82, 2.24) is 0 Å². The van der Waals surface area contributed by atoms with Crippen LogP contribution >= 0.6 is 0 Å². The number of aliphatic hydroxyl groups excluding tert-OH is 1. The Hall–Kier alpha value is -0.560. The summed E-state index contributed by atoms with van der Waals surface area (Å²) in [5, 5.41) is 9.55. The number of hydrogen-bond donors (Lipinski definition) is 1. The van der Waals surface area contributed by atoms with Gasteiger partial charge < -0.3 is 5.11 Å². The molecule has 0 heterocycles. The lowest BCUT2D eigenvalue weighted by Gasteiger charge is -2.31. The summed E-state index contributed by atoms with van der Waals surface area (Å²) in [6.45, 7) is 0. The fourth-order valence-corrected chi connectivity index (χ4v) is 2.40. The summed E-state index contributed by atoms with van der Waals surface area (Å²) in [5.74, 6) is 1.29. The van der Waals surface area contributed by atoms with Crippen molar-refractivity contribution in [3.05, 3.63) is 24.3 Å². The van der Waals surface area contributed by atoms with Crippen molar-refractivity contribution in [2.45, 2.75) is 38.2 Å². The average Bonchev–Trinajstić information content (AvgIpc) is 2.08. The van der Waals surface area contributed by atoms with Crippen molar-refractivity contribution in [3.63, 3.8) is 0 Å². The third-order valence-electron chi connectivity index (χ3n) is 3.19. The van der Waals surface area contributed by atoms with Crippen LogP contribution in [0.2, 0.25) is 0 Å². The molecule has 13 heavy (non-hydrogen) atoms. The van der Waals surface area contributed by atoms with Gasteiger partial charge in [-0.25, -0.2) is 0 Å². The molecule has 0 aliphatic heterocycles. The normalized spacial score (nSPS) is 44.2. The number of rotatable bonds is 0. The smallest absolute Gasteiger partial charge is 0.0546 e. The standard InChI is InChI=1S/C12H18O/c13-12-8-7-10-5-3-1-2-4-6-11(10)9-12/h3-6,10-13H,1-2,7-9H2/b5-3-,6-4-. The second-order valence-electron chi connectivity index (χ2n) is 4.23. The Labute approximate surface area is 80.2 Å². The molecule has 0 aromatic rings. The summed E-state index contributed by atoms with van der Waals surface area (Å²) in [6.07, 6.45) is 14.7. The minimum atomic E-state index is -0.0567. The predicted molar refractivity (Wildman–Crippen MR) is 54.4 cm³/mol. The van der Waals surface area contributed by atoms with E-state index >= 15 is 0 Å². The highest BCUT2D eigenvalue weighted by Gasteiger charge is 2.26. The van der Waals surface area contributed by atoms with Crippen LogP contribution in [0.1, 0.15) is 32.1 Å². The number of allylic oxidation sites excluding steroid dienone is 4. The predicted octanol–water partition coefficient (Wildman–Crippen LogP) is 2.67. The summed E-state index contributed by atoms with van der Waals surface area (Å²) >= 11 is 0. The van der Waals surface area contributed by atoms with Gasteiger partial charge in [-0.05, 0) is 43.9 Å². The summed E-state index contributed by atoms with van der Waals surface area (Å²) in [7, 11) is 0. The molecule has 0 saturated heterocycles. The molecule has 1 fully saturated rings. The van der Waals surface area contributed by atoms with Crippen molar-refractivity contribution < 1.29 is 5.11 Å². The van der Waals surface area contributed by atoms with E-state index in [1.165, 1.54) is 6.42 Å². The first-order chi connectivity index (χ1) is 6.36. The van der Waals surface area contributed by atoms with E-state index in [4.69, 9.17) is 0 Å². The molecule has 0 spiro atoms. The molecule has 0 radical (unpaired) electrons. The maximum Gasteiger partial charge on any atom is 0.0546 e. The monoisotopic (exact) mass is 178 g/mol. The minimum Gasteiger partial charge on any atom is -0.393 e. The van der Waals surface area contributed by atoms with Crippen LogP contribution in [0, 0.1) is 11.8 Å². The molecule has 72 valence electrons. The SMILES string of the molecule is OC1CCC2/C=C\CC/C=C\C2C1. The van der Waals surface area contributed by atoms with Gasteiger partial charge >= 0.3 is 0 Å². The van der Waals surface area contributed by atoms with E-state index in [1.54, 1.807) is 0 Å². The number of aliphatic hydroxyl groups is 1. The van der Waals surface area contributed by atoms with Gasteiger partial charge in [0.1, 0.15) is 0 Å². The molecule has 1 heteroatoms. The van der Waals surface area contributed by atoms with E-state index in [9.17, 15) is 5.11 Å². The lowest BCUT2D eigenvalue weighted by atomic mass is 9.77. The first-order valence-electron chi connectivity index (χ1n) is 5.37. The Morgan fingerprint density at radius 3 is 2.38 bits per heavy atom. The lowest BCUT2D eigenvalue weighted by molar-refractivity contribution is 0.0962. The van der Waals surface area contributed by atoms with Gasteiger partial charge in [0.05, 0.1) is 6.10 Å². The van der Waals surface area contributed by atoms with Gasteiger partial charge in [0.25, 0.3) is 0 Å². The first-order valence-corrected chi connectivity index (χ1v) is 5.37. The summed E-state index contributed by atoms with van der Waals surface area (Å²) in [5.41, 5.74) is 0. The van der Waals surface area contributed by atoms with Crippen molar-refractivity contribution in [2.24, 2.45) is 11.8 Å². The third-order valence-corrected chi connectivity index (χ3v) is 3.19. The second kappa shape index (κ2) is 4.10. The van der Waals surface area contributed by atoms with Crippen LogP contribution in [0.25, 0.3) is 0 Å². The van der Waals surface area contributed by atoms with E-state index in [0.717, 1.165) is 25.7 Å². The lowest BCUT2D eigenvalue weighted by Crippen LogP contribution is -2.25. The Bertz CT molecular complexity index is 217. The topological polar surface area (TPSA) is 20.2 Å². The van der Waals surface area contributed by atoms with Gasteiger partial charge in [0.2, 0.25) is 0 Å². The van der Waals surface area contributed by atoms with Crippen molar-refractivity contribution >= 4 is 0 Å². The molecule has 2 rings (SSSR count). The average molecular weight is 178 g/mol. The van der Waals surface area contributed by atoms with E-state index in [2.05, 4.69) is 24.3 Å². The van der Waals surface area contributed by atoms with Crippen LogP contribution in [0.5, 0.6) is 0 Å². The Balaban J connectivity index is 2.06. The zero-order valence-electron chi connectivity index (χ0n) is 8.02. The molecule has 0 aromatic carbocycles. The molecular formula is C12H18O. The molecular weight excluding hydrogens is 160 g/mol. The van der Waals surface area contributed by atoms with Crippen molar-refractivity contribution in [2.75, 3.05) is 0 Å². The summed E-state index contributed by atoms with van der Waals surface area (Å²) in [4.78, 5) is 0. The van der Waals surface area contributed by atoms with Crippen LogP contribution in [-0.2, 0) is 0 Å². The molecule has 0 amide bonds. The zero-order valence-corrected chi connectivity index (χ0v) is 8.02. The maximum absolute atomic E-state index is 9.55. The van der Waals surface area contributed by atoms with E-state index < -0.39 is 0 Å². The third kappa shape index (κ3) is 2.22. The zero-order chi connectivity index (χ0) is 9.10. The fourth-order valence-electron chi connectivity index (χ4n) is 2.40. The molecule has 2 aliphatic carbocycles. The fraction of sp³-hybridized carbons (Fsp3) is 0.667. The molecule has 1 N–H and O–H groups in total. The highest BCUT2D eigenvalue weighted by molar-refractivity contribution is 5.05. The van der Waals surface area contributed by atoms with E-state index in [1.807, 2.05) is 0 Å². The molecule has 3 unspecified atom stereocenters. The Kier molecular flexibility index (Phi) is 2.84. The highest BCUT2D eigenvalue weighted by atomic mass is 16.3. The Morgan fingerprint density at radius 2 is 1.62 bits per heavy atom. The van der Waals surface area contributed by atoms with Crippen LogP contribution in [-0.4, -0.2) is 11.2 Å². The van der Waals surface area contributed by atoms with Crippen molar-refractivity contribution in [1.29, 1.82) is 0 Å². The van der Waals surface area contributed by atoms with E-state index in [0.29, 0.717) is 11.8 Å². The highest BCUT2D eigenvalue weighted by Crippen LogP contribution is 2.33. The van der Waals surface area contributed by atoms with Crippen molar-refractivity contribution in [3.8, 4) is 0 Å². The molecule has 0 aromatic heterocycles. The molecule has 1 nitrogen and oxygen atoms in total. The quantitative estimate of drug-likeness (QED) is 0.565. The van der Waals surface area contributed by atoms with Gasteiger partial charge in [-0.15, -0.1) is 0 Å². The van der Waals surface area contributed by atoms with Crippen LogP contribution in [0.15, 0.2) is 24.3 Å². The Morgan fingerprint density at radius 1 is 0.923 bits per heavy atom.